The van der Waals surface area contributed by atoms with Gasteiger partial charge in [0.15, 0.2) is 0 Å². The zero-order chi connectivity index (χ0) is 14.3. The van der Waals surface area contributed by atoms with Gasteiger partial charge in [-0.05, 0) is 44.0 Å². The molecule has 0 fully saturated rings. The van der Waals surface area contributed by atoms with Crippen LogP contribution >= 0.6 is 0 Å². The quantitative estimate of drug-likeness (QED) is 0.793. The first-order valence-electron chi connectivity index (χ1n) is 6.69. The molecule has 0 aliphatic heterocycles. The third kappa shape index (κ3) is 6.34. The molecule has 3 nitrogen and oxygen atoms in total. The summed E-state index contributed by atoms with van der Waals surface area (Å²) in [5.41, 5.74) is 0.934. The highest BCUT2D eigenvalue weighted by Gasteiger charge is 2.10. The monoisotopic (exact) mass is 266 g/mol. The Morgan fingerprint density at radius 2 is 2.11 bits per heavy atom. The highest BCUT2D eigenvalue weighted by Crippen LogP contribution is 2.12. The predicted molar refractivity (Wildman–Crippen MR) is 75.4 cm³/mol. The molecule has 19 heavy (non-hydrogen) atoms. The summed E-state index contributed by atoms with van der Waals surface area (Å²) in [5.74, 6) is 0.0229. The molecule has 0 bridgehead atoms. The summed E-state index contributed by atoms with van der Waals surface area (Å²) in [6.45, 7) is 4.64. The average Bonchev–Trinajstić information content (AvgIpc) is 2.35. The molecule has 106 valence electrons. The van der Waals surface area contributed by atoms with Gasteiger partial charge in [-0.25, -0.2) is 4.39 Å². The second-order valence-electron chi connectivity index (χ2n) is 5.14. The van der Waals surface area contributed by atoms with E-state index in [4.69, 9.17) is 0 Å². The van der Waals surface area contributed by atoms with Crippen LogP contribution in [0, 0.1) is 11.7 Å². The molecule has 0 heterocycles. The number of benzene rings is 1. The second-order valence-corrected chi connectivity index (χ2v) is 5.14. The van der Waals surface area contributed by atoms with Crippen LogP contribution in [0.3, 0.4) is 0 Å². The van der Waals surface area contributed by atoms with Gasteiger partial charge in [0.2, 0.25) is 5.91 Å². The largest absolute Gasteiger partial charge is 0.355 e. The lowest BCUT2D eigenvalue weighted by molar-refractivity contribution is -0.121. The molecule has 0 radical (unpaired) electrons. The predicted octanol–water partition coefficient (Wildman–Crippen LogP) is 2.12. The Hall–Kier alpha value is -1.42. The Morgan fingerprint density at radius 1 is 1.37 bits per heavy atom. The van der Waals surface area contributed by atoms with Crippen molar-refractivity contribution in [2.24, 2.45) is 5.92 Å². The van der Waals surface area contributed by atoms with Gasteiger partial charge in [-0.2, -0.15) is 0 Å². The van der Waals surface area contributed by atoms with Crippen molar-refractivity contribution >= 4 is 5.91 Å². The van der Waals surface area contributed by atoms with Gasteiger partial charge in [-0.3, -0.25) is 4.79 Å². The maximum Gasteiger partial charge on any atom is 0.220 e. The number of amides is 1. The van der Waals surface area contributed by atoms with Gasteiger partial charge in [0.25, 0.3) is 0 Å². The Kier molecular flexibility index (Phi) is 6.50. The van der Waals surface area contributed by atoms with Crippen LogP contribution in [0.4, 0.5) is 4.39 Å². The third-order valence-electron chi connectivity index (χ3n) is 3.11. The number of nitrogens with one attached hydrogen (secondary N) is 2. The first-order chi connectivity index (χ1) is 9.01. The molecule has 1 aromatic carbocycles. The summed E-state index contributed by atoms with van der Waals surface area (Å²) in [7, 11) is 1.86. The molecule has 2 unspecified atom stereocenters. The van der Waals surface area contributed by atoms with E-state index in [-0.39, 0.29) is 23.7 Å². The summed E-state index contributed by atoms with van der Waals surface area (Å²) in [5, 5.41) is 5.95. The highest BCUT2D eigenvalue weighted by molar-refractivity contribution is 5.76. The zero-order valence-electron chi connectivity index (χ0n) is 11.9. The van der Waals surface area contributed by atoms with E-state index < -0.39 is 0 Å². The van der Waals surface area contributed by atoms with Crippen molar-refractivity contribution < 1.29 is 9.18 Å². The van der Waals surface area contributed by atoms with Crippen LogP contribution in [0.25, 0.3) is 0 Å². The van der Waals surface area contributed by atoms with E-state index in [1.165, 1.54) is 12.1 Å². The molecule has 1 rings (SSSR count). The van der Waals surface area contributed by atoms with E-state index in [0.29, 0.717) is 19.4 Å². The van der Waals surface area contributed by atoms with E-state index in [9.17, 15) is 9.18 Å². The summed E-state index contributed by atoms with van der Waals surface area (Å²) in [6, 6.07) is 6.81. The van der Waals surface area contributed by atoms with E-state index in [0.717, 1.165) is 5.56 Å². The summed E-state index contributed by atoms with van der Waals surface area (Å²) >= 11 is 0. The molecule has 2 atom stereocenters. The van der Waals surface area contributed by atoms with Crippen LogP contribution in [0.5, 0.6) is 0 Å². The Labute approximate surface area is 114 Å². The Bertz CT molecular complexity index is 409. The van der Waals surface area contributed by atoms with Crippen molar-refractivity contribution in [2.45, 2.75) is 32.7 Å². The molecular formula is C15H23FN2O. The Morgan fingerprint density at radius 3 is 2.74 bits per heavy atom. The van der Waals surface area contributed by atoms with Crippen molar-refractivity contribution in [2.75, 3.05) is 13.6 Å². The van der Waals surface area contributed by atoms with Gasteiger partial charge in [0.1, 0.15) is 5.82 Å². The number of rotatable bonds is 7. The second kappa shape index (κ2) is 7.89. The minimum Gasteiger partial charge on any atom is -0.355 e. The fraction of sp³-hybridized carbons (Fsp3) is 0.533. The van der Waals surface area contributed by atoms with E-state index in [1.807, 2.05) is 27.0 Å². The third-order valence-corrected chi connectivity index (χ3v) is 3.11. The number of carbonyl (C=O) groups is 1. The van der Waals surface area contributed by atoms with Gasteiger partial charge in [0, 0.05) is 19.0 Å². The average molecular weight is 266 g/mol. The maximum absolute atomic E-state index is 13.0. The van der Waals surface area contributed by atoms with Crippen molar-refractivity contribution in [1.29, 1.82) is 0 Å². The summed E-state index contributed by atoms with van der Waals surface area (Å²) in [6.07, 6.45) is 1.18. The highest BCUT2D eigenvalue weighted by atomic mass is 19.1. The molecule has 4 heteroatoms. The van der Waals surface area contributed by atoms with Crippen molar-refractivity contribution in [3.63, 3.8) is 0 Å². The van der Waals surface area contributed by atoms with Gasteiger partial charge in [0.05, 0.1) is 0 Å². The number of carbonyl (C=O) groups excluding carboxylic acids is 1. The zero-order valence-corrected chi connectivity index (χ0v) is 11.9. The Balaban J connectivity index is 2.34. The molecule has 1 aromatic rings. The standard InChI is InChI=1S/C15H23FN2O/c1-11(7-13-5-4-6-14(16)9-13)8-15(19)18-10-12(2)17-3/h4-6,9,11-12,17H,7-8,10H2,1-3H3,(H,18,19). The van der Waals surface area contributed by atoms with Gasteiger partial charge < -0.3 is 10.6 Å². The van der Waals surface area contributed by atoms with E-state index in [1.54, 1.807) is 6.07 Å². The molecule has 0 saturated carbocycles. The lowest BCUT2D eigenvalue weighted by atomic mass is 9.98. The molecular weight excluding hydrogens is 243 g/mol. The molecule has 0 spiro atoms. The number of hydrogen-bond acceptors (Lipinski definition) is 2. The van der Waals surface area contributed by atoms with Crippen LogP contribution in [0.15, 0.2) is 24.3 Å². The van der Waals surface area contributed by atoms with Crippen LogP contribution < -0.4 is 10.6 Å². The number of likely N-dealkylation sites (N-methyl/N-ethyl adjacent to an activating group) is 1. The van der Waals surface area contributed by atoms with Crippen LogP contribution in [0.1, 0.15) is 25.8 Å². The molecule has 1 amide bonds. The minimum atomic E-state index is -0.225. The van der Waals surface area contributed by atoms with Crippen molar-refractivity contribution in [1.82, 2.24) is 10.6 Å². The van der Waals surface area contributed by atoms with E-state index in [2.05, 4.69) is 10.6 Å². The number of hydrogen-bond donors (Lipinski definition) is 2. The van der Waals surface area contributed by atoms with Gasteiger partial charge in [-0.1, -0.05) is 19.1 Å². The molecule has 2 N–H and O–H groups in total. The van der Waals surface area contributed by atoms with Crippen LogP contribution in [-0.4, -0.2) is 25.5 Å². The van der Waals surface area contributed by atoms with Gasteiger partial charge in [-0.15, -0.1) is 0 Å². The first kappa shape index (κ1) is 15.6. The topological polar surface area (TPSA) is 41.1 Å². The SMILES string of the molecule is CNC(C)CNC(=O)CC(C)Cc1cccc(F)c1. The summed E-state index contributed by atoms with van der Waals surface area (Å²) in [4.78, 5) is 11.7. The fourth-order valence-corrected chi connectivity index (χ4v) is 1.90. The molecule has 0 aromatic heterocycles. The van der Waals surface area contributed by atoms with Gasteiger partial charge >= 0.3 is 0 Å². The fourth-order valence-electron chi connectivity index (χ4n) is 1.90. The normalized spacial score (nSPS) is 13.9. The van der Waals surface area contributed by atoms with Crippen LogP contribution in [0.2, 0.25) is 0 Å². The summed E-state index contributed by atoms with van der Waals surface area (Å²) < 4.78 is 13.0. The van der Waals surface area contributed by atoms with Crippen LogP contribution in [-0.2, 0) is 11.2 Å². The number of halogens is 1. The molecule has 0 saturated heterocycles. The van der Waals surface area contributed by atoms with Crippen molar-refractivity contribution in [3.05, 3.63) is 35.6 Å². The first-order valence-corrected chi connectivity index (χ1v) is 6.69. The minimum absolute atomic E-state index is 0.0472. The molecule has 0 aliphatic carbocycles. The lowest BCUT2D eigenvalue weighted by Gasteiger charge is -2.14. The molecule has 0 aliphatic rings. The smallest absolute Gasteiger partial charge is 0.220 e. The van der Waals surface area contributed by atoms with Crippen molar-refractivity contribution in [3.8, 4) is 0 Å². The lowest BCUT2D eigenvalue weighted by Crippen LogP contribution is -2.37. The maximum atomic E-state index is 13.0. The van der Waals surface area contributed by atoms with E-state index >= 15 is 0 Å².